The van der Waals surface area contributed by atoms with E-state index in [1.54, 1.807) is 18.0 Å². The van der Waals surface area contributed by atoms with E-state index in [1.165, 1.54) is 0 Å². The number of carbonyl (C=O) groups is 1. The lowest BCUT2D eigenvalue weighted by Gasteiger charge is -2.33. The number of hydrogen-bond donors (Lipinski definition) is 1. The van der Waals surface area contributed by atoms with Crippen molar-refractivity contribution in [3.8, 4) is 11.5 Å². The number of benzene rings is 2. The molecule has 0 radical (unpaired) electrons. The predicted molar refractivity (Wildman–Crippen MR) is 134 cm³/mol. The Morgan fingerprint density at radius 2 is 1.80 bits per heavy atom. The van der Waals surface area contributed by atoms with Crippen molar-refractivity contribution in [2.75, 3.05) is 13.2 Å². The third kappa shape index (κ3) is 3.84. The Labute approximate surface area is 205 Å². The highest BCUT2D eigenvalue weighted by Crippen LogP contribution is 2.38. The summed E-state index contributed by atoms with van der Waals surface area (Å²) in [6.45, 7) is 0.929. The molecule has 8 heteroatoms. The van der Waals surface area contributed by atoms with Gasteiger partial charge in [0.15, 0.2) is 11.5 Å². The van der Waals surface area contributed by atoms with Crippen LogP contribution in [0.3, 0.4) is 0 Å². The van der Waals surface area contributed by atoms with Gasteiger partial charge < -0.3 is 9.84 Å². The molecule has 0 aliphatic carbocycles. The van der Waals surface area contributed by atoms with Crippen LogP contribution in [0.15, 0.2) is 88.8 Å². The van der Waals surface area contributed by atoms with Gasteiger partial charge in [-0.05, 0) is 78.4 Å². The van der Waals surface area contributed by atoms with Crippen molar-refractivity contribution in [3.63, 3.8) is 0 Å². The van der Waals surface area contributed by atoms with Crippen LogP contribution in [0.2, 0.25) is 0 Å². The Balaban J connectivity index is 1.36. The number of aromatic nitrogens is 4. The molecule has 0 amide bonds. The maximum Gasteiger partial charge on any atom is 0.314 e. The summed E-state index contributed by atoms with van der Waals surface area (Å²) in [7, 11) is 0. The average Bonchev–Trinajstić information content (AvgIpc) is 3.34. The van der Waals surface area contributed by atoms with Crippen molar-refractivity contribution in [2.45, 2.75) is 28.0 Å². The van der Waals surface area contributed by atoms with Gasteiger partial charge in [0.25, 0.3) is 0 Å². The number of fused-ring (bicyclic) bond motifs is 3. The Morgan fingerprint density at radius 1 is 0.943 bits per heavy atom. The molecule has 4 heterocycles. The van der Waals surface area contributed by atoms with Crippen LogP contribution in [0.1, 0.15) is 18.4 Å². The summed E-state index contributed by atoms with van der Waals surface area (Å²) in [6.07, 6.45) is 2.72. The van der Waals surface area contributed by atoms with Gasteiger partial charge in [0, 0.05) is 29.2 Å². The highest BCUT2D eigenvalue weighted by molar-refractivity contribution is 7.99. The van der Waals surface area contributed by atoms with E-state index >= 15 is 0 Å². The Hall–Kier alpha value is -3.75. The number of carboxylic acid groups (broad SMARTS) is 1. The molecular weight excluding hydrogens is 460 g/mol. The molecular formula is C27H22N4O3S. The summed E-state index contributed by atoms with van der Waals surface area (Å²) in [5.41, 5.74) is 2.48. The fraction of sp³-hybridized carbons (Fsp3) is 0.185. The average molecular weight is 483 g/mol. The first-order valence-electron chi connectivity index (χ1n) is 11.4. The van der Waals surface area contributed by atoms with Crippen molar-refractivity contribution in [1.82, 2.24) is 19.6 Å². The van der Waals surface area contributed by atoms with Gasteiger partial charge in [0.1, 0.15) is 5.69 Å². The fourth-order valence-electron chi connectivity index (χ4n) is 4.74. The minimum Gasteiger partial charge on any atom is -0.481 e. The van der Waals surface area contributed by atoms with Gasteiger partial charge in [-0.2, -0.15) is 0 Å². The molecule has 1 saturated heterocycles. The van der Waals surface area contributed by atoms with E-state index in [4.69, 9.17) is 4.74 Å². The summed E-state index contributed by atoms with van der Waals surface area (Å²) >= 11 is 1.62. The standard InChI is InChI=1S/C27H22N4O3S/c32-26(33)27(11-14-34-15-12-27)19-4-3-5-20(17-19)35-21-8-9-23-18(16-21)7-10-24-29-30-25(31(23)24)22-6-1-2-13-28-22/h1-10,13,16-17H,11-12,14-15H2,(H,32,33). The van der Waals surface area contributed by atoms with E-state index in [9.17, 15) is 9.90 Å². The van der Waals surface area contributed by atoms with Gasteiger partial charge in [-0.25, -0.2) is 0 Å². The zero-order valence-corrected chi connectivity index (χ0v) is 19.6. The molecule has 7 nitrogen and oxygen atoms in total. The lowest BCUT2D eigenvalue weighted by Crippen LogP contribution is -2.41. The number of carboxylic acids is 1. The monoisotopic (exact) mass is 482 g/mol. The van der Waals surface area contributed by atoms with Crippen LogP contribution in [-0.2, 0) is 14.9 Å². The number of rotatable bonds is 5. The lowest BCUT2D eigenvalue weighted by molar-refractivity contribution is -0.147. The predicted octanol–water partition coefficient (Wildman–Crippen LogP) is 5.23. The van der Waals surface area contributed by atoms with Crippen LogP contribution in [0.25, 0.3) is 28.1 Å². The molecule has 6 rings (SSSR count). The van der Waals surface area contributed by atoms with Crippen molar-refractivity contribution >= 4 is 34.3 Å². The highest BCUT2D eigenvalue weighted by atomic mass is 32.2. The van der Waals surface area contributed by atoms with Crippen LogP contribution < -0.4 is 0 Å². The fourth-order valence-corrected chi connectivity index (χ4v) is 5.67. The summed E-state index contributed by atoms with van der Waals surface area (Å²) < 4.78 is 7.46. The van der Waals surface area contributed by atoms with Crippen LogP contribution in [0.4, 0.5) is 0 Å². The second kappa shape index (κ2) is 8.79. The van der Waals surface area contributed by atoms with E-state index in [1.807, 2.05) is 59.0 Å². The Kier molecular flexibility index (Phi) is 5.47. The number of pyridine rings is 2. The van der Waals surface area contributed by atoms with Crippen LogP contribution in [0, 0.1) is 0 Å². The van der Waals surface area contributed by atoms with Gasteiger partial charge in [0.05, 0.1) is 10.9 Å². The zero-order valence-electron chi connectivity index (χ0n) is 18.8. The van der Waals surface area contributed by atoms with Crippen LogP contribution in [0.5, 0.6) is 0 Å². The SMILES string of the molecule is O=C(O)C1(c2cccc(Sc3ccc4c(ccc5nnc(-c6ccccn6)n54)c3)c2)CCOCC1. The maximum absolute atomic E-state index is 12.2. The summed E-state index contributed by atoms with van der Waals surface area (Å²) in [5.74, 6) is -0.0786. The zero-order chi connectivity index (χ0) is 23.8. The molecule has 0 atom stereocenters. The molecule has 3 aromatic heterocycles. The van der Waals surface area contributed by atoms with Gasteiger partial charge in [-0.3, -0.25) is 14.2 Å². The van der Waals surface area contributed by atoms with Gasteiger partial charge >= 0.3 is 5.97 Å². The molecule has 174 valence electrons. The third-order valence-electron chi connectivity index (χ3n) is 6.61. The van der Waals surface area contributed by atoms with Gasteiger partial charge in [-0.15, -0.1) is 10.2 Å². The first-order chi connectivity index (χ1) is 17.1. The smallest absolute Gasteiger partial charge is 0.314 e. The van der Waals surface area contributed by atoms with E-state index < -0.39 is 11.4 Å². The molecule has 0 bridgehead atoms. The van der Waals surface area contributed by atoms with E-state index in [2.05, 4.69) is 33.4 Å². The quantitative estimate of drug-likeness (QED) is 0.367. The van der Waals surface area contributed by atoms with Crippen molar-refractivity contribution in [3.05, 3.63) is 84.6 Å². The first kappa shape index (κ1) is 21.8. The minimum atomic E-state index is -0.889. The largest absolute Gasteiger partial charge is 0.481 e. The van der Waals surface area contributed by atoms with Crippen molar-refractivity contribution in [2.24, 2.45) is 0 Å². The normalized spacial score (nSPS) is 15.4. The molecule has 0 unspecified atom stereocenters. The second-order valence-electron chi connectivity index (χ2n) is 8.62. The topological polar surface area (TPSA) is 89.6 Å². The van der Waals surface area contributed by atoms with Crippen molar-refractivity contribution < 1.29 is 14.6 Å². The van der Waals surface area contributed by atoms with Gasteiger partial charge in [0.2, 0.25) is 0 Å². The van der Waals surface area contributed by atoms with E-state index in [0.717, 1.165) is 37.6 Å². The molecule has 0 saturated carbocycles. The lowest BCUT2D eigenvalue weighted by atomic mass is 9.74. The molecule has 0 spiro atoms. The number of hydrogen-bond acceptors (Lipinski definition) is 6. The molecule has 2 aromatic carbocycles. The molecule has 1 fully saturated rings. The summed E-state index contributed by atoms with van der Waals surface area (Å²) in [5, 5.41) is 19.8. The van der Waals surface area contributed by atoms with E-state index in [0.29, 0.717) is 31.9 Å². The highest BCUT2D eigenvalue weighted by Gasteiger charge is 2.42. The molecule has 35 heavy (non-hydrogen) atoms. The Bertz CT molecular complexity index is 1540. The second-order valence-corrected chi connectivity index (χ2v) is 9.76. The summed E-state index contributed by atoms with van der Waals surface area (Å²) in [6, 6.07) is 23.9. The Morgan fingerprint density at radius 3 is 2.60 bits per heavy atom. The maximum atomic E-state index is 12.2. The summed E-state index contributed by atoms with van der Waals surface area (Å²) in [4.78, 5) is 18.7. The van der Waals surface area contributed by atoms with E-state index in [-0.39, 0.29) is 0 Å². The van der Waals surface area contributed by atoms with Crippen molar-refractivity contribution in [1.29, 1.82) is 0 Å². The van der Waals surface area contributed by atoms with Crippen LogP contribution >= 0.6 is 11.8 Å². The molecule has 1 aliphatic rings. The molecule has 1 N–H and O–H groups in total. The van der Waals surface area contributed by atoms with Gasteiger partial charge in [-0.1, -0.05) is 30.0 Å². The minimum absolute atomic E-state index is 0.465. The number of ether oxygens (including phenoxy) is 1. The van der Waals surface area contributed by atoms with Crippen LogP contribution in [-0.4, -0.2) is 43.9 Å². The number of aliphatic carboxylic acids is 1. The molecule has 5 aromatic rings. The number of nitrogens with zero attached hydrogens (tertiary/aromatic N) is 4. The molecule has 1 aliphatic heterocycles. The first-order valence-corrected chi connectivity index (χ1v) is 12.2. The third-order valence-corrected chi connectivity index (χ3v) is 7.59.